The fourth-order valence-electron chi connectivity index (χ4n) is 2.12. The Morgan fingerprint density at radius 3 is 2.68 bits per heavy atom. The van der Waals surface area contributed by atoms with Crippen LogP contribution < -0.4 is 5.32 Å². The van der Waals surface area contributed by atoms with Gasteiger partial charge in [0.2, 0.25) is 5.91 Å². The first-order valence-corrected chi connectivity index (χ1v) is 6.72. The average molecular weight is 261 g/mol. The van der Waals surface area contributed by atoms with Gasteiger partial charge in [0.1, 0.15) is 0 Å². The SMILES string of the molecule is O=C(CCC(=O)c1ccccc1)NCC1CCCO1. The summed E-state index contributed by atoms with van der Waals surface area (Å²) in [7, 11) is 0. The molecule has 102 valence electrons. The number of carbonyl (C=O) groups is 2. The first-order valence-electron chi connectivity index (χ1n) is 6.72. The van der Waals surface area contributed by atoms with Crippen LogP contribution in [-0.4, -0.2) is 30.9 Å². The molecule has 1 aliphatic rings. The Labute approximate surface area is 113 Å². The maximum atomic E-state index is 11.8. The summed E-state index contributed by atoms with van der Waals surface area (Å²) in [5.41, 5.74) is 0.662. The molecule has 19 heavy (non-hydrogen) atoms. The van der Waals surface area contributed by atoms with Crippen molar-refractivity contribution >= 4 is 11.7 Å². The van der Waals surface area contributed by atoms with Gasteiger partial charge in [0.05, 0.1) is 6.10 Å². The zero-order chi connectivity index (χ0) is 13.5. The predicted octanol–water partition coefficient (Wildman–Crippen LogP) is 1.94. The number of Topliss-reactive ketones (excluding diaryl/α,β-unsaturated/α-hetero) is 1. The maximum Gasteiger partial charge on any atom is 0.220 e. The molecule has 4 nitrogen and oxygen atoms in total. The number of benzene rings is 1. The second-order valence-corrected chi connectivity index (χ2v) is 4.73. The summed E-state index contributed by atoms with van der Waals surface area (Å²) in [6, 6.07) is 9.06. The highest BCUT2D eigenvalue weighted by Gasteiger charge is 2.16. The van der Waals surface area contributed by atoms with E-state index >= 15 is 0 Å². The van der Waals surface area contributed by atoms with Crippen molar-refractivity contribution in [1.29, 1.82) is 0 Å². The molecular weight excluding hydrogens is 242 g/mol. The molecule has 4 heteroatoms. The van der Waals surface area contributed by atoms with E-state index in [1.54, 1.807) is 12.1 Å². The van der Waals surface area contributed by atoms with E-state index in [1.807, 2.05) is 18.2 Å². The molecule has 1 aliphatic heterocycles. The molecule has 1 aromatic rings. The van der Waals surface area contributed by atoms with Gasteiger partial charge in [-0.15, -0.1) is 0 Å². The van der Waals surface area contributed by atoms with Crippen LogP contribution >= 0.6 is 0 Å². The average Bonchev–Trinajstić information content (AvgIpc) is 2.96. The molecule has 1 aromatic carbocycles. The van der Waals surface area contributed by atoms with Crippen LogP contribution in [0.3, 0.4) is 0 Å². The number of ketones is 1. The molecule has 0 spiro atoms. The molecule has 0 aliphatic carbocycles. The van der Waals surface area contributed by atoms with Crippen LogP contribution in [0.15, 0.2) is 30.3 Å². The van der Waals surface area contributed by atoms with Crippen molar-refractivity contribution in [3.63, 3.8) is 0 Å². The van der Waals surface area contributed by atoms with E-state index in [4.69, 9.17) is 4.74 Å². The van der Waals surface area contributed by atoms with Crippen molar-refractivity contribution in [3.05, 3.63) is 35.9 Å². The quantitative estimate of drug-likeness (QED) is 0.796. The zero-order valence-corrected chi connectivity index (χ0v) is 10.9. The highest BCUT2D eigenvalue weighted by molar-refractivity contribution is 5.97. The van der Waals surface area contributed by atoms with E-state index in [0.717, 1.165) is 19.4 Å². The summed E-state index contributed by atoms with van der Waals surface area (Å²) < 4.78 is 5.42. The van der Waals surface area contributed by atoms with Crippen molar-refractivity contribution in [1.82, 2.24) is 5.32 Å². The van der Waals surface area contributed by atoms with Crippen LogP contribution in [0.4, 0.5) is 0 Å². The highest BCUT2D eigenvalue weighted by Crippen LogP contribution is 2.10. The second-order valence-electron chi connectivity index (χ2n) is 4.73. The third-order valence-corrected chi connectivity index (χ3v) is 3.23. The van der Waals surface area contributed by atoms with Gasteiger partial charge in [-0.25, -0.2) is 0 Å². The van der Waals surface area contributed by atoms with E-state index in [9.17, 15) is 9.59 Å². The lowest BCUT2D eigenvalue weighted by atomic mass is 10.1. The van der Waals surface area contributed by atoms with Gasteiger partial charge in [-0.1, -0.05) is 30.3 Å². The molecule has 0 radical (unpaired) electrons. The van der Waals surface area contributed by atoms with Crippen molar-refractivity contribution in [3.8, 4) is 0 Å². The third-order valence-electron chi connectivity index (χ3n) is 3.23. The number of rotatable bonds is 6. The first kappa shape index (κ1) is 13.7. The fourth-order valence-corrected chi connectivity index (χ4v) is 2.12. The van der Waals surface area contributed by atoms with Crippen molar-refractivity contribution in [2.75, 3.05) is 13.2 Å². The Balaban J connectivity index is 1.67. The maximum absolute atomic E-state index is 11.8. The number of carbonyl (C=O) groups excluding carboxylic acids is 2. The number of hydrogen-bond donors (Lipinski definition) is 1. The van der Waals surface area contributed by atoms with Gasteiger partial charge >= 0.3 is 0 Å². The minimum Gasteiger partial charge on any atom is -0.376 e. The monoisotopic (exact) mass is 261 g/mol. The number of ether oxygens (including phenoxy) is 1. The smallest absolute Gasteiger partial charge is 0.220 e. The summed E-state index contributed by atoms with van der Waals surface area (Å²) in [6.45, 7) is 1.34. The number of amides is 1. The molecule has 1 heterocycles. The molecule has 0 bridgehead atoms. The Morgan fingerprint density at radius 2 is 2.00 bits per heavy atom. The molecule has 0 aromatic heterocycles. The van der Waals surface area contributed by atoms with Crippen LogP contribution in [-0.2, 0) is 9.53 Å². The van der Waals surface area contributed by atoms with Crippen molar-refractivity contribution < 1.29 is 14.3 Å². The lowest BCUT2D eigenvalue weighted by Crippen LogP contribution is -2.31. The Morgan fingerprint density at radius 1 is 1.21 bits per heavy atom. The number of nitrogens with one attached hydrogen (secondary N) is 1. The van der Waals surface area contributed by atoms with E-state index in [1.165, 1.54) is 0 Å². The van der Waals surface area contributed by atoms with Gasteiger partial charge in [-0.3, -0.25) is 9.59 Å². The van der Waals surface area contributed by atoms with E-state index in [0.29, 0.717) is 12.1 Å². The second kappa shape index (κ2) is 7.04. The minimum atomic E-state index is -0.0835. The number of hydrogen-bond acceptors (Lipinski definition) is 3. The van der Waals surface area contributed by atoms with Crippen molar-refractivity contribution in [2.45, 2.75) is 31.8 Å². The van der Waals surface area contributed by atoms with Gasteiger partial charge in [-0.2, -0.15) is 0 Å². The third kappa shape index (κ3) is 4.48. The summed E-state index contributed by atoms with van der Waals surface area (Å²) >= 11 is 0. The molecule has 1 fully saturated rings. The van der Waals surface area contributed by atoms with Gasteiger partial charge < -0.3 is 10.1 Å². The Bertz CT molecular complexity index is 424. The molecular formula is C15H19NO3. The molecule has 1 atom stereocenters. The van der Waals surface area contributed by atoms with Gasteiger partial charge in [0.15, 0.2) is 5.78 Å². The van der Waals surface area contributed by atoms with E-state index < -0.39 is 0 Å². The van der Waals surface area contributed by atoms with E-state index in [-0.39, 0.29) is 30.6 Å². The molecule has 1 amide bonds. The van der Waals surface area contributed by atoms with Gasteiger partial charge in [-0.05, 0) is 12.8 Å². The van der Waals surface area contributed by atoms with Crippen molar-refractivity contribution in [2.24, 2.45) is 0 Å². The topological polar surface area (TPSA) is 55.4 Å². The van der Waals surface area contributed by atoms with E-state index in [2.05, 4.69) is 5.32 Å². The van der Waals surface area contributed by atoms with Gasteiger partial charge in [0, 0.05) is 31.6 Å². The Kier molecular flexibility index (Phi) is 5.10. The lowest BCUT2D eigenvalue weighted by Gasteiger charge is -2.10. The molecule has 1 saturated heterocycles. The van der Waals surface area contributed by atoms with Crippen LogP contribution in [0.5, 0.6) is 0 Å². The van der Waals surface area contributed by atoms with Crippen LogP contribution in [0, 0.1) is 0 Å². The van der Waals surface area contributed by atoms with Crippen LogP contribution in [0.25, 0.3) is 0 Å². The minimum absolute atomic E-state index is 0.00728. The standard InChI is InChI=1S/C15H19NO3/c17-14(12-5-2-1-3-6-12)8-9-15(18)16-11-13-7-4-10-19-13/h1-3,5-6,13H,4,7-11H2,(H,16,18). The first-order chi connectivity index (χ1) is 9.25. The highest BCUT2D eigenvalue weighted by atomic mass is 16.5. The lowest BCUT2D eigenvalue weighted by molar-refractivity contribution is -0.121. The normalized spacial score (nSPS) is 18.2. The fraction of sp³-hybridized carbons (Fsp3) is 0.467. The van der Waals surface area contributed by atoms with Crippen LogP contribution in [0.2, 0.25) is 0 Å². The molecule has 2 rings (SSSR count). The summed E-state index contributed by atoms with van der Waals surface area (Å²) in [5, 5.41) is 2.82. The van der Waals surface area contributed by atoms with Crippen LogP contribution in [0.1, 0.15) is 36.0 Å². The summed E-state index contributed by atoms with van der Waals surface area (Å²) in [4.78, 5) is 23.4. The molecule has 1 N–H and O–H groups in total. The summed E-state index contributed by atoms with van der Waals surface area (Å²) in [5.74, 6) is -0.0763. The zero-order valence-electron chi connectivity index (χ0n) is 10.9. The van der Waals surface area contributed by atoms with Gasteiger partial charge in [0.25, 0.3) is 0 Å². The molecule has 0 saturated carbocycles. The Hall–Kier alpha value is -1.68. The molecule has 1 unspecified atom stereocenters. The largest absolute Gasteiger partial charge is 0.376 e. The predicted molar refractivity (Wildman–Crippen MR) is 72.0 cm³/mol. The summed E-state index contributed by atoms with van der Waals surface area (Å²) in [6.07, 6.45) is 2.70.